The molecule has 0 amide bonds. The SMILES string of the molecule is N#Cc1ccncc1.[O]=[Sb]([OH])([OH])[F].[O]=[Sb]([OH])([OH])[F].[O]=[Sb]([OH])([OH])[F].[O]=[Sb]([OH])([OH])[F].[O]=[Sb]([OH])([OH])[F].[O]=[Sb]([OH])([OH])[F]. The summed E-state index contributed by atoms with van der Waals surface area (Å²) in [6.07, 6.45) is 3.19. The number of nitriles is 1. The molecule has 20 nitrogen and oxygen atoms in total. The Kier molecular flexibility index (Phi) is 34.3. The number of pyridine rings is 1. The zero-order valence-electron chi connectivity index (χ0n) is 17.0. The Morgan fingerprint density at radius 3 is 0.711 bits per heavy atom. The average molecular weight is 1250 g/mol. The van der Waals surface area contributed by atoms with Crippen LogP contribution >= 0.6 is 0 Å². The summed E-state index contributed by atoms with van der Waals surface area (Å²) in [4.78, 5) is 3.74. The summed E-state index contributed by atoms with van der Waals surface area (Å²) in [5.41, 5.74) is 0.653. The van der Waals surface area contributed by atoms with Crippen LogP contribution < -0.4 is 0 Å². The van der Waals surface area contributed by atoms with Crippen LogP contribution in [0.4, 0.5) is 16.9 Å². The Morgan fingerprint density at radius 2 is 0.632 bits per heavy atom. The predicted octanol–water partition coefficient (Wildman–Crippen LogP) is -6.21. The van der Waals surface area contributed by atoms with E-state index in [0.29, 0.717) is 5.56 Å². The predicted molar refractivity (Wildman–Crippen MR) is 101 cm³/mol. The van der Waals surface area contributed by atoms with Gasteiger partial charge in [0.05, 0.1) is 11.6 Å². The van der Waals surface area contributed by atoms with Crippen molar-refractivity contribution in [3.05, 3.63) is 30.1 Å². The Bertz CT molecular complexity index is 847. The maximum absolute atomic E-state index is 10.4. The summed E-state index contributed by atoms with van der Waals surface area (Å²) in [6, 6.07) is 5.32. The average Bonchev–Trinajstić information content (AvgIpc) is 2.45. The van der Waals surface area contributed by atoms with Crippen LogP contribution in [-0.2, 0) is 18.1 Å². The minimum absolute atomic E-state index is 0.653. The van der Waals surface area contributed by atoms with Gasteiger partial charge in [-0.1, -0.05) is 0 Å². The van der Waals surface area contributed by atoms with Crippen molar-refractivity contribution in [1.29, 1.82) is 5.26 Å². The molecule has 1 heterocycles. The molecule has 0 saturated carbocycles. The van der Waals surface area contributed by atoms with Gasteiger partial charge in [-0.2, -0.15) is 5.26 Å². The van der Waals surface area contributed by atoms with Crippen LogP contribution in [0.5, 0.6) is 0 Å². The summed E-state index contributed by atoms with van der Waals surface area (Å²) >= 11 is -35.1. The van der Waals surface area contributed by atoms with Crippen molar-refractivity contribution in [2.45, 2.75) is 0 Å². The van der Waals surface area contributed by atoms with Crippen LogP contribution in [0.3, 0.4) is 0 Å². The van der Waals surface area contributed by atoms with E-state index in [-0.39, 0.29) is 0 Å². The number of rotatable bonds is 0. The zero-order chi connectivity index (χ0) is 32.8. The molecule has 0 atom stereocenters. The molecule has 0 aliphatic carbocycles. The molecule has 1 rings (SSSR count). The molecule has 32 heteroatoms. The van der Waals surface area contributed by atoms with Crippen LogP contribution in [0.25, 0.3) is 0 Å². The fourth-order valence-corrected chi connectivity index (χ4v) is 0.426. The summed E-state index contributed by atoms with van der Waals surface area (Å²) in [5, 5.41) is 8.26. The Balaban J connectivity index is -0.0000000795. The molecule has 0 spiro atoms. The second-order valence-electron chi connectivity index (χ2n) is 4.19. The number of hydrogen-bond acceptors (Lipinski definition) is 8. The molecule has 1 aromatic rings. The van der Waals surface area contributed by atoms with Gasteiger partial charge in [0, 0.05) is 12.4 Å². The van der Waals surface area contributed by atoms with Gasteiger partial charge < -0.3 is 0 Å². The van der Waals surface area contributed by atoms with Crippen molar-refractivity contribution >= 4 is 121 Å². The molecule has 0 fully saturated rings. The summed E-state index contributed by atoms with van der Waals surface area (Å²) in [7, 11) is 0. The molecular weight excluding hydrogens is 1230 g/mol. The summed E-state index contributed by atoms with van der Waals surface area (Å²) in [6.45, 7) is 0. The quantitative estimate of drug-likeness (QED) is 0.0849. The van der Waals surface area contributed by atoms with E-state index in [9.17, 15) is 16.9 Å². The molecular formula is C6H16F6N2O18Sb6. The van der Waals surface area contributed by atoms with E-state index in [1.54, 1.807) is 24.5 Å². The van der Waals surface area contributed by atoms with E-state index in [4.69, 9.17) is 64.0 Å². The molecule has 0 unspecified atom stereocenters. The van der Waals surface area contributed by atoms with Crippen LogP contribution in [0.1, 0.15) is 5.56 Å². The normalized spacial score (nSPS) is 11.0. The van der Waals surface area contributed by atoms with Gasteiger partial charge in [-0.05, 0) is 12.1 Å². The van der Waals surface area contributed by atoms with Gasteiger partial charge >= 0.3 is 197 Å². The van der Waals surface area contributed by atoms with Crippen molar-refractivity contribution in [3.8, 4) is 6.07 Å². The summed E-state index contributed by atoms with van der Waals surface area (Å²) in [5.74, 6) is 0. The number of halogens is 6. The molecule has 12 N–H and O–H groups in total. The molecule has 38 heavy (non-hydrogen) atoms. The van der Waals surface area contributed by atoms with Crippen LogP contribution in [0, 0.1) is 11.3 Å². The second kappa shape index (κ2) is 25.0. The third kappa shape index (κ3) is 380. The molecule has 0 saturated heterocycles. The van der Waals surface area contributed by atoms with Crippen LogP contribution in [-0.4, -0.2) is 167 Å². The first-order valence-corrected chi connectivity index (χ1v) is 32.5. The fraction of sp³-hybridized carbons (Fsp3) is 0. The van der Waals surface area contributed by atoms with Crippen LogP contribution in [0.15, 0.2) is 24.5 Å². The molecule has 0 aromatic carbocycles. The Hall–Kier alpha value is 1.45. The first-order valence-electron chi connectivity index (χ1n) is 6.74. The van der Waals surface area contributed by atoms with E-state index < -0.39 is 121 Å². The van der Waals surface area contributed by atoms with Crippen LogP contribution in [0.2, 0.25) is 0 Å². The standard InChI is InChI=1S/C6H4N2.6FH.12H2O.6O.6Sb/c7-5-6-1-3-8-4-2-6;;;;;;;;;;;;;;;;;;;;;;;;;;;;;;/h1-4H;6*1H;12*1H2;;;;;;;;;;;;/q;;;;;;;;;;;;;;;;;;;;;;;;;6*+3/p-18. The van der Waals surface area contributed by atoms with Crippen molar-refractivity contribution < 1.29 is 75.6 Å². The molecule has 0 aliphatic rings. The van der Waals surface area contributed by atoms with Gasteiger partial charge in [-0.25, -0.2) is 0 Å². The first-order chi connectivity index (χ1) is 15.9. The second-order valence-corrected chi connectivity index (χ2v) is 20.4. The van der Waals surface area contributed by atoms with Crippen molar-refractivity contribution in [2.24, 2.45) is 0 Å². The van der Waals surface area contributed by atoms with Gasteiger partial charge in [-0.3, -0.25) is 4.98 Å². The van der Waals surface area contributed by atoms with Gasteiger partial charge in [0.1, 0.15) is 0 Å². The topological polar surface area (TPSA) is 382 Å². The number of hydrogen-bond donors (Lipinski definition) is 12. The molecule has 0 bridgehead atoms. The Labute approximate surface area is 239 Å². The van der Waals surface area contributed by atoms with Gasteiger partial charge in [0.2, 0.25) is 0 Å². The van der Waals surface area contributed by atoms with E-state index in [2.05, 4.69) is 4.98 Å². The fourth-order valence-electron chi connectivity index (χ4n) is 0.426. The van der Waals surface area contributed by atoms with E-state index in [0.717, 1.165) is 0 Å². The Morgan fingerprint density at radius 1 is 0.500 bits per heavy atom. The van der Waals surface area contributed by atoms with E-state index in [1.807, 2.05) is 6.07 Å². The van der Waals surface area contributed by atoms with E-state index >= 15 is 0 Å². The number of nitrogens with zero attached hydrogens (tertiary/aromatic N) is 2. The van der Waals surface area contributed by atoms with Crippen molar-refractivity contribution in [2.75, 3.05) is 0 Å². The minimum atomic E-state index is -5.85. The number of aromatic nitrogens is 1. The third-order valence-corrected chi connectivity index (χ3v) is 0.809. The van der Waals surface area contributed by atoms with Gasteiger partial charge in [0.15, 0.2) is 0 Å². The van der Waals surface area contributed by atoms with Crippen molar-refractivity contribution in [3.63, 3.8) is 0 Å². The zero-order valence-corrected chi connectivity index (χ0v) is 32.3. The van der Waals surface area contributed by atoms with E-state index in [1.165, 1.54) is 0 Å². The van der Waals surface area contributed by atoms with Gasteiger partial charge in [0.25, 0.3) is 0 Å². The summed E-state index contributed by atoms with van der Waals surface area (Å²) < 4.78 is 200. The van der Waals surface area contributed by atoms with Gasteiger partial charge in [-0.15, -0.1) is 0 Å². The first kappa shape index (κ1) is 52.1. The molecule has 230 valence electrons. The third-order valence-electron chi connectivity index (χ3n) is 0.809. The molecule has 0 aliphatic heterocycles. The monoisotopic (exact) mass is 1240 g/mol. The molecule has 0 radical (unpaired) electrons. The maximum atomic E-state index is 10.4. The molecule has 1 aromatic heterocycles. The van der Waals surface area contributed by atoms with Crippen molar-refractivity contribution in [1.82, 2.24) is 4.98 Å².